The summed E-state index contributed by atoms with van der Waals surface area (Å²) in [5.41, 5.74) is 0. The van der Waals surface area contributed by atoms with E-state index in [0.717, 1.165) is 0 Å². The van der Waals surface area contributed by atoms with Crippen molar-refractivity contribution in [3.63, 3.8) is 0 Å². The van der Waals surface area contributed by atoms with Gasteiger partial charge in [0, 0.05) is 29.2 Å². The molecule has 0 atom stereocenters. The van der Waals surface area contributed by atoms with E-state index in [2.05, 4.69) is 4.31 Å². The summed E-state index contributed by atoms with van der Waals surface area (Å²) in [6.45, 7) is 0. The second-order valence-corrected chi connectivity index (χ2v) is 3.42. The molecule has 0 aromatic rings. The van der Waals surface area contributed by atoms with Gasteiger partial charge in [-0.3, -0.25) is 0 Å². The van der Waals surface area contributed by atoms with E-state index in [1.165, 1.54) is 0 Å². The first kappa shape index (κ1) is 13.8. The molecule has 0 radical (unpaired) electrons. The molecule has 0 saturated carbocycles. The van der Waals surface area contributed by atoms with Gasteiger partial charge in [0.2, 0.25) is 0 Å². The largest absolute Gasteiger partial charge is 0.790 e. The zero-order valence-corrected chi connectivity index (χ0v) is 9.35. The molecule has 10 heteroatoms. The van der Waals surface area contributed by atoms with Gasteiger partial charge in [0.25, 0.3) is 0 Å². The number of phosphoric acid groups is 2. The van der Waals surface area contributed by atoms with Crippen LogP contribution in [0.15, 0.2) is 0 Å². The molecule has 0 aliphatic carbocycles. The van der Waals surface area contributed by atoms with Crippen LogP contribution in [0.2, 0.25) is 0 Å². The smallest absolute Gasteiger partial charge is 0.0655 e. The molecule has 0 spiro atoms. The van der Waals surface area contributed by atoms with E-state index in [1.54, 1.807) is 0 Å². The van der Waals surface area contributed by atoms with Crippen LogP contribution < -0.4 is 19.6 Å². The van der Waals surface area contributed by atoms with Crippen LogP contribution >= 0.6 is 15.6 Å². The van der Waals surface area contributed by atoms with Crippen LogP contribution in [0.4, 0.5) is 0 Å². The summed E-state index contributed by atoms with van der Waals surface area (Å²) in [5.74, 6) is 0. The fourth-order valence-electron chi connectivity index (χ4n) is 0.122. The van der Waals surface area contributed by atoms with Crippen LogP contribution in [0.3, 0.4) is 0 Å². The van der Waals surface area contributed by atoms with Gasteiger partial charge in [-0.05, 0) is 0 Å². The van der Waals surface area contributed by atoms with Crippen molar-refractivity contribution in [1.82, 2.24) is 0 Å². The molecule has 10 heavy (non-hydrogen) atoms. The summed E-state index contributed by atoms with van der Waals surface area (Å²) in [6.07, 6.45) is 0. The van der Waals surface area contributed by atoms with Crippen molar-refractivity contribution < 1.29 is 62.2 Å². The minimum Gasteiger partial charge on any atom is -0.790 e. The molecular formula is O7P2Pu-4. The molecule has 0 aliphatic rings. The molecule has 0 aromatic heterocycles. The van der Waals surface area contributed by atoms with Crippen LogP contribution in [0.25, 0.3) is 0 Å². The molecule has 62 valence electrons. The Hall–Kier alpha value is 1.25. The van der Waals surface area contributed by atoms with E-state index in [4.69, 9.17) is 0 Å². The topological polar surface area (TPSA) is 136 Å². The zero-order valence-electron chi connectivity index (χ0n) is 4.16. The van der Waals surface area contributed by atoms with E-state index in [0.29, 0.717) is 0 Å². The Morgan fingerprint density at radius 1 is 0.900 bits per heavy atom. The first-order chi connectivity index (χ1) is 3.71. The van der Waals surface area contributed by atoms with Crippen molar-refractivity contribution in [2.45, 2.75) is 0 Å². The third-order valence-electron chi connectivity index (χ3n) is 0.200. The van der Waals surface area contributed by atoms with Gasteiger partial charge in [-0.2, -0.15) is 0 Å². The normalized spacial score (nSPS) is 12.4. The van der Waals surface area contributed by atoms with E-state index in [9.17, 15) is 28.7 Å². The number of hydrogen-bond donors (Lipinski definition) is 0. The van der Waals surface area contributed by atoms with E-state index in [1.807, 2.05) is 0 Å². The monoisotopic (exact) mass is 412 g/mol. The van der Waals surface area contributed by atoms with E-state index in [-0.39, 0.29) is 29.2 Å². The van der Waals surface area contributed by atoms with Crippen molar-refractivity contribution in [3.8, 4) is 0 Å². The predicted octanol–water partition coefficient (Wildman–Crippen LogP) is -3.34. The second kappa shape index (κ2) is 4.32. The van der Waals surface area contributed by atoms with Crippen molar-refractivity contribution in [1.29, 1.82) is 0 Å². The third-order valence-corrected chi connectivity index (χ3v) is 1.80. The van der Waals surface area contributed by atoms with Crippen LogP contribution in [0, 0.1) is 29.2 Å². The van der Waals surface area contributed by atoms with E-state index < -0.39 is 15.6 Å². The van der Waals surface area contributed by atoms with Gasteiger partial charge in [-0.1, -0.05) is 0 Å². The van der Waals surface area contributed by atoms with Gasteiger partial charge in [0.05, 0.1) is 15.6 Å². The summed E-state index contributed by atoms with van der Waals surface area (Å²) < 4.78 is 21.2. The van der Waals surface area contributed by atoms with Crippen LogP contribution in [-0.2, 0) is 13.4 Å². The van der Waals surface area contributed by atoms with Crippen molar-refractivity contribution in [2.75, 3.05) is 0 Å². The quantitative estimate of drug-likeness (QED) is 0.428. The molecule has 0 bridgehead atoms. The summed E-state index contributed by atoms with van der Waals surface area (Å²) in [7, 11) is -11.4. The molecule has 0 N–H and O–H groups in total. The Balaban J connectivity index is 0. The van der Waals surface area contributed by atoms with Crippen molar-refractivity contribution in [2.24, 2.45) is 0 Å². The third kappa shape index (κ3) is 12.0. The fourth-order valence-corrected chi connectivity index (χ4v) is 1.10. The Morgan fingerprint density at radius 3 is 1.10 bits per heavy atom. The summed E-state index contributed by atoms with van der Waals surface area (Å²) >= 11 is 0. The van der Waals surface area contributed by atoms with Gasteiger partial charge >= 0.3 is 0 Å². The maximum absolute atomic E-state index is 9.32. The van der Waals surface area contributed by atoms with Crippen molar-refractivity contribution >= 4 is 15.6 Å². The maximum Gasteiger partial charge on any atom is 0.0655 e. The minimum absolute atomic E-state index is 0. The van der Waals surface area contributed by atoms with Gasteiger partial charge in [-0.25, -0.2) is 0 Å². The minimum atomic E-state index is -5.68. The van der Waals surface area contributed by atoms with Gasteiger partial charge in [0.15, 0.2) is 0 Å². The predicted molar refractivity (Wildman–Crippen MR) is 16.3 cm³/mol. The van der Waals surface area contributed by atoms with Crippen LogP contribution in [-0.4, -0.2) is 0 Å². The summed E-state index contributed by atoms with van der Waals surface area (Å²) in [4.78, 5) is 37.3. The SMILES string of the molecule is O=P([O-])([O-])OP(=O)([O-])[O-].[Pu]. The Labute approximate surface area is 77.8 Å². The Kier molecular flexibility index (Phi) is 5.96. The molecule has 0 aromatic carbocycles. The molecule has 0 saturated heterocycles. The van der Waals surface area contributed by atoms with Gasteiger partial charge in [0.1, 0.15) is 0 Å². The van der Waals surface area contributed by atoms with Crippen LogP contribution in [0.1, 0.15) is 0 Å². The fraction of sp³-hybridized carbons (Fsp3) is 0. The molecule has 0 rings (SSSR count). The number of hydrogen-bond acceptors (Lipinski definition) is 7. The summed E-state index contributed by atoms with van der Waals surface area (Å²) in [5, 5.41) is 0. The molecule has 0 aliphatic heterocycles. The molecule has 0 fully saturated rings. The van der Waals surface area contributed by atoms with Crippen molar-refractivity contribution in [3.05, 3.63) is 0 Å². The average molecular weight is 418 g/mol. The number of rotatable bonds is 2. The molecule has 0 amide bonds. The Bertz CT molecular complexity index is 152. The summed E-state index contributed by atoms with van der Waals surface area (Å²) in [6, 6.07) is 0. The molecule has 0 heterocycles. The molecular weight excluding hydrogens is 418 g/mol. The zero-order chi connectivity index (χ0) is 7.71. The molecule has 0 unspecified atom stereocenters. The van der Waals surface area contributed by atoms with Crippen LogP contribution in [0.5, 0.6) is 0 Å². The molecule has 7 nitrogen and oxygen atoms in total. The average Bonchev–Trinajstić information content (AvgIpc) is 1.14. The second-order valence-electron chi connectivity index (χ2n) is 0.976. The van der Waals surface area contributed by atoms with Gasteiger partial charge < -0.3 is 33.0 Å². The standard InChI is InChI=1S/H4O7P2.Pu/c1-8(2,3)7-9(4,5)6;/h(H2,1,2,3)(H2,4,5,6);/p-4. The van der Waals surface area contributed by atoms with E-state index >= 15 is 0 Å². The first-order valence-electron chi connectivity index (χ1n) is 1.46. The Morgan fingerprint density at radius 2 is 1.10 bits per heavy atom. The maximum atomic E-state index is 9.32. The van der Waals surface area contributed by atoms with Gasteiger partial charge in [-0.15, -0.1) is 0 Å². The first-order valence-corrected chi connectivity index (χ1v) is 4.38.